The van der Waals surface area contributed by atoms with E-state index in [9.17, 15) is 0 Å². The van der Waals surface area contributed by atoms with E-state index in [-0.39, 0.29) is 0 Å². The van der Waals surface area contributed by atoms with Crippen molar-refractivity contribution in [3.05, 3.63) is 42.5 Å². The summed E-state index contributed by atoms with van der Waals surface area (Å²) in [5, 5.41) is 4.45. The van der Waals surface area contributed by atoms with Gasteiger partial charge in [0.2, 0.25) is 0 Å². The highest BCUT2D eigenvalue weighted by Gasteiger charge is 2.10. The van der Waals surface area contributed by atoms with Crippen molar-refractivity contribution >= 4 is 11.0 Å². The second kappa shape index (κ2) is 4.90. The molecule has 2 aromatic heterocycles. The predicted octanol–water partition coefficient (Wildman–Crippen LogP) is 3.32. The highest BCUT2D eigenvalue weighted by molar-refractivity contribution is 5.92. The first-order valence-corrected chi connectivity index (χ1v) is 6.48. The van der Waals surface area contributed by atoms with Gasteiger partial charge in [0.15, 0.2) is 0 Å². The molecule has 1 aromatic carbocycles. The maximum absolute atomic E-state index is 5.55. The third kappa shape index (κ3) is 2.39. The molecule has 0 saturated carbocycles. The SMILES string of the molecule is CC(C)NCc1ncc(-c2coc3ccccc23)[nH]1. The predicted molar refractivity (Wildman–Crippen MR) is 75.8 cm³/mol. The minimum absolute atomic E-state index is 0.448. The van der Waals surface area contributed by atoms with Crippen LogP contribution in [-0.4, -0.2) is 16.0 Å². The van der Waals surface area contributed by atoms with Crippen molar-refractivity contribution in [2.75, 3.05) is 0 Å². The van der Waals surface area contributed by atoms with Crippen LogP contribution < -0.4 is 5.32 Å². The van der Waals surface area contributed by atoms with Crippen molar-refractivity contribution in [1.29, 1.82) is 0 Å². The number of H-pyrrole nitrogens is 1. The van der Waals surface area contributed by atoms with E-state index in [1.807, 2.05) is 24.4 Å². The van der Waals surface area contributed by atoms with E-state index in [0.29, 0.717) is 6.04 Å². The highest BCUT2D eigenvalue weighted by Crippen LogP contribution is 2.29. The number of fused-ring (bicyclic) bond motifs is 1. The molecule has 19 heavy (non-hydrogen) atoms. The minimum atomic E-state index is 0.448. The molecule has 2 N–H and O–H groups in total. The number of furan rings is 1. The monoisotopic (exact) mass is 255 g/mol. The van der Waals surface area contributed by atoms with Gasteiger partial charge in [-0.2, -0.15) is 0 Å². The fourth-order valence-electron chi connectivity index (χ4n) is 2.08. The Hall–Kier alpha value is -2.07. The molecule has 0 saturated heterocycles. The molecule has 0 aliphatic rings. The van der Waals surface area contributed by atoms with E-state index in [2.05, 4.69) is 35.2 Å². The molecule has 4 nitrogen and oxygen atoms in total. The molecular formula is C15H17N3O. The Morgan fingerprint density at radius 2 is 2.16 bits per heavy atom. The van der Waals surface area contributed by atoms with Crippen LogP contribution in [0, 0.1) is 0 Å². The van der Waals surface area contributed by atoms with E-state index in [1.54, 1.807) is 6.26 Å². The molecule has 2 heterocycles. The number of aromatic nitrogens is 2. The average Bonchev–Trinajstić information content (AvgIpc) is 3.02. The summed E-state index contributed by atoms with van der Waals surface area (Å²) in [7, 11) is 0. The maximum atomic E-state index is 5.55. The van der Waals surface area contributed by atoms with Gasteiger partial charge in [-0.25, -0.2) is 4.98 Å². The average molecular weight is 255 g/mol. The molecule has 0 aliphatic carbocycles. The second-order valence-electron chi connectivity index (χ2n) is 4.92. The number of imidazole rings is 1. The number of aromatic amines is 1. The number of rotatable bonds is 4. The van der Waals surface area contributed by atoms with Gasteiger partial charge in [-0.05, 0) is 6.07 Å². The van der Waals surface area contributed by atoms with Gasteiger partial charge in [-0.1, -0.05) is 32.0 Å². The number of hydrogen-bond acceptors (Lipinski definition) is 3. The Morgan fingerprint density at radius 1 is 1.32 bits per heavy atom. The second-order valence-corrected chi connectivity index (χ2v) is 4.92. The zero-order valence-electron chi connectivity index (χ0n) is 11.1. The molecule has 0 aliphatic heterocycles. The molecule has 0 spiro atoms. The first kappa shape index (κ1) is 12.0. The standard InChI is InChI=1S/C15H17N3O/c1-10(2)16-8-15-17-7-13(18-15)12-9-19-14-6-4-3-5-11(12)14/h3-7,9-10,16H,8H2,1-2H3,(H,17,18). The molecule has 0 fully saturated rings. The van der Waals surface area contributed by atoms with Crippen molar-refractivity contribution < 1.29 is 4.42 Å². The smallest absolute Gasteiger partial charge is 0.134 e. The van der Waals surface area contributed by atoms with Crippen molar-refractivity contribution in [1.82, 2.24) is 15.3 Å². The summed E-state index contributed by atoms with van der Waals surface area (Å²) >= 11 is 0. The summed E-state index contributed by atoms with van der Waals surface area (Å²) in [6, 6.07) is 8.46. The van der Waals surface area contributed by atoms with Crippen molar-refractivity contribution in [2.24, 2.45) is 0 Å². The Morgan fingerprint density at radius 3 is 3.00 bits per heavy atom. The van der Waals surface area contributed by atoms with Crippen LogP contribution in [0.1, 0.15) is 19.7 Å². The van der Waals surface area contributed by atoms with Crippen molar-refractivity contribution in [3.8, 4) is 11.3 Å². The van der Waals surface area contributed by atoms with Crippen LogP contribution >= 0.6 is 0 Å². The minimum Gasteiger partial charge on any atom is -0.464 e. The summed E-state index contributed by atoms with van der Waals surface area (Å²) in [5.41, 5.74) is 2.94. The molecule has 3 rings (SSSR count). The van der Waals surface area contributed by atoms with E-state index in [0.717, 1.165) is 34.6 Å². The molecule has 0 unspecified atom stereocenters. The van der Waals surface area contributed by atoms with Crippen LogP contribution in [0.15, 0.2) is 41.1 Å². The molecule has 4 heteroatoms. The van der Waals surface area contributed by atoms with Gasteiger partial charge in [-0.15, -0.1) is 0 Å². The quantitative estimate of drug-likeness (QED) is 0.752. The summed E-state index contributed by atoms with van der Waals surface area (Å²) in [4.78, 5) is 7.72. The van der Waals surface area contributed by atoms with Gasteiger partial charge in [0.05, 0.1) is 18.4 Å². The van der Waals surface area contributed by atoms with Crippen LogP contribution in [0.5, 0.6) is 0 Å². The van der Waals surface area contributed by atoms with E-state index < -0.39 is 0 Å². The lowest BCUT2D eigenvalue weighted by molar-refractivity contribution is 0.575. The lowest BCUT2D eigenvalue weighted by atomic mass is 10.1. The topological polar surface area (TPSA) is 53.9 Å². The van der Waals surface area contributed by atoms with Crippen molar-refractivity contribution in [2.45, 2.75) is 26.4 Å². The molecule has 0 atom stereocenters. The Balaban J connectivity index is 1.90. The summed E-state index contributed by atoms with van der Waals surface area (Å²) in [5.74, 6) is 0.939. The van der Waals surface area contributed by atoms with Crippen LogP contribution in [0.3, 0.4) is 0 Å². The van der Waals surface area contributed by atoms with Crippen LogP contribution in [0.2, 0.25) is 0 Å². The zero-order chi connectivity index (χ0) is 13.2. The van der Waals surface area contributed by atoms with Crippen LogP contribution in [0.4, 0.5) is 0 Å². The van der Waals surface area contributed by atoms with Gasteiger partial charge in [0.25, 0.3) is 0 Å². The molecular weight excluding hydrogens is 238 g/mol. The number of nitrogens with zero attached hydrogens (tertiary/aromatic N) is 1. The number of hydrogen-bond donors (Lipinski definition) is 2. The zero-order valence-corrected chi connectivity index (χ0v) is 11.1. The summed E-state index contributed by atoms with van der Waals surface area (Å²) < 4.78 is 5.55. The maximum Gasteiger partial charge on any atom is 0.134 e. The van der Waals surface area contributed by atoms with E-state index in [4.69, 9.17) is 4.42 Å². The molecule has 98 valence electrons. The Bertz CT molecular complexity index is 681. The molecule has 0 radical (unpaired) electrons. The molecule has 0 bridgehead atoms. The fraction of sp³-hybridized carbons (Fsp3) is 0.267. The Labute approximate surface area is 111 Å². The summed E-state index contributed by atoms with van der Waals surface area (Å²) in [6.45, 7) is 4.98. The largest absolute Gasteiger partial charge is 0.464 e. The number of benzene rings is 1. The van der Waals surface area contributed by atoms with E-state index in [1.165, 1.54) is 0 Å². The lowest BCUT2D eigenvalue weighted by Crippen LogP contribution is -2.22. The molecule has 0 amide bonds. The first-order chi connectivity index (χ1) is 9.24. The van der Waals surface area contributed by atoms with E-state index >= 15 is 0 Å². The van der Waals surface area contributed by atoms with Crippen LogP contribution in [0.25, 0.3) is 22.2 Å². The highest BCUT2D eigenvalue weighted by atomic mass is 16.3. The third-order valence-electron chi connectivity index (χ3n) is 3.08. The number of para-hydroxylation sites is 1. The normalized spacial score (nSPS) is 11.5. The lowest BCUT2D eigenvalue weighted by Gasteiger charge is -2.04. The molecule has 3 aromatic rings. The first-order valence-electron chi connectivity index (χ1n) is 6.48. The third-order valence-corrected chi connectivity index (χ3v) is 3.08. The fourth-order valence-corrected chi connectivity index (χ4v) is 2.08. The van der Waals surface area contributed by atoms with Crippen LogP contribution in [-0.2, 0) is 6.54 Å². The van der Waals surface area contributed by atoms with Gasteiger partial charge in [0, 0.05) is 17.0 Å². The Kier molecular flexibility index (Phi) is 3.09. The van der Waals surface area contributed by atoms with Gasteiger partial charge in [0.1, 0.15) is 17.7 Å². The van der Waals surface area contributed by atoms with Gasteiger partial charge < -0.3 is 14.7 Å². The summed E-state index contributed by atoms with van der Waals surface area (Å²) in [6.07, 6.45) is 3.63. The van der Waals surface area contributed by atoms with Gasteiger partial charge >= 0.3 is 0 Å². The van der Waals surface area contributed by atoms with Crippen molar-refractivity contribution in [3.63, 3.8) is 0 Å². The number of nitrogens with one attached hydrogen (secondary N) is 2. The van der Waals surface area contributed by atoms with Gasteiger partial charge in [-0.3, -0.25) is 0 Å².